The van der Waals surface area contributed by atoms with Crippen LogP contribution in [-0.2, 0) is 28.5 Å². The second-order valence-corrected chi connectivity index (χ2v) is 9.17. The number of ketones is 1. The lowest BCUT2D eigenvalue weighted by Gasteiger charge is -2.21. The maximum Gasteiger partial charge on any atom is 0.416 e. The molecule has 1 aliphatic rings. The fourth-order valence-corrected chi connectivity index (χ4v) is 3.71. The third-order valence-electron chi connectivity index (χ3n) is 5.18. The molecule has 3 aromatic rings. The number of Topliss-reactive ketones (excluding diaryl/α,β-unsaturated/α-hetero) is 1. The van der Waals surface area contributed by atoms with Gasteiger partial charge in [0.15, 0.2) is 0 Å². The molecule has 0 atom stereocenters. The van der Waals surface area contributed by atoms with E-state index >= 15 is 0 Å². The van der Waals surface area contributed by atoms with Crippen molar-refractivity contribution in [1.82, 2.24) is 9.97 Å². The summed E-state index contributed by atoms with van der Waals surface area (Å²) in [5.41, 5.74) is 1.34. The number of nitrogens with zero attached hydrogens (tertiary/aromatic N) is 2. The number of halogens is 3. The van der Waals surface area contributed by atoms with Crippen molar-refractivity contribution in [3.8, 4) is 11.3 Å². The number of rotatable bonds is 4. The Morgan fingerprint density at radius 1 is 0.971 bits per heavy atom. The number of carbonyl (C=O) groups is 2. The van der Waals surface area contributed by atoms with Gasteiger partial charge >= 0.3 is 12.3 Å². The first-order valence-electron chi connectivity index (χ1n) is 10.8. The highest BCUT2D eigenvalue weighted by molar-refractivity contribution is 5.92. The molecule has 0 bridgehead atoms. The summed E-state index contributed by atoms with van der Waals surface area (Å²) in [7, 11) is 0. The van der Waals surface area contributed by atoms with Crippen LogP contribution >= 0.6 is 0 Å². The predicted molar refractivity (Wildman–Crippen MR) is 124 cm³/mol. The molecule has 1 heterocycles. The number of nitrogens with one attached hydrogen (secondary N) is 2. The molecule has 4 rings (SSSR count). The van der Waals surface area contributed by atoms with Gasteiger partial charge in [-0.1, -0.05) is 12.1 Å². The number of fused-ring (bicyclic) bond motifs is 1. The second-order valence-electron chi connectivity index (χ2n) is 9.17. The van der Waals surface area contributed by atoms with Gasteiger partial charge in [0.25, 0.3) is 0 Å². The Labute approximate surface area is 199 Å². The molecule has 182 valence electrons. The molecular weight excluding hydrogens is 461 g/mol. The molecule has 2 aromatic carbocycles. The maximum absolute atomic E-state index is 13.3. The van der Waals surface area contributed by atoms with E-state index in [0.29, 0.717) is 30.0 Å². The van der Waals surface area contributed by atoms with Gasteiger partial charge in [0.2, 0.25) is 0 Å². The Kier molecular flexibility index (Phi) is 6.23. The zero-order valence-electron chi connectivity index (χ0n) is 19.3. The summed E-state index contributed by atoms with van der Waals surface area (Å²) in [6, 6.07) is 10.1. The molecule has 0 aliphatic heterocycles. The normalized spacial score (nSPS) is 13.4. The van der Waals surface area contributed by atoms with Crippen LogP contribution in [0.1, 0.15) is 37.5 Å². The van der Waals surface area contributed by atoms with Crippen molar-refractivity contribution in [2.24, 2.45) is 0 Å². The van der Waals surface area contributed by atoms with Crippen LogP contribution in [0.3, 0.4) is 0 Å². The number of aromatic nitrogens is 2. The van der Waals surface area contributed by atoms with Crippen molar-refractivity contribution in [3.05, 3.63) is 65.5 Å². The van der Waals surface area contributed by atoms with E-state index in [2.05, 4.69) is 20.6 Å². The van der Waals surface area contributed by atoms with Crippen molar-refractivity contribution < 1.29 is 27.5 Å². The molecule has 0 unspecified atom stereocenters. The summed E-state index contributed by atoms with van der Waals surface area (Å²) in [5.74, 6) is 0.552. The van der Waals surface area contributed by atoms with Gasteiger partial charge in [-0.2, -0.15) is 13.2 Å². The van der Waals surface area contributed by atoms with Crippen LogP contribution in [0.15, 0.2) is 48.8 Å². The van der Waals surface area contributed by atoms with Gasteiger partial charge in [-0.05, 0) is 56.2 Å². The van der Waals surface area contributed by atoms with Gasteiger partial charge in [-0.25, -0.2) is 14.8 Å². The first-order valence-corrected chi connectivity index (χ1v) is 10.8. The van der Waals surface area contributed by atoms with E-state index in [4.69, 9.17) is 4.74 Å². The van der Waals surface area contributed by atoms with Gasteiger partial charge in [0.1, 0.15) is 23.5 Å². The number of anilines is 3. The summed E-state index contributed by atoms with van der Waals surface area (Å²) in [5, 5.41) is 5.54. The Balaban J connectivity index is 1.65. The SMILES string of the molecule is CC(C)(C)OC(=O)Nc1cc(C(F)(F)F)ccc1-c1cc(Nc2ccc3c(c2)CC(=O)C3)ncn1. The quantitative estimate of drug-likeness (QED) is 0.478. The van der Waals surface area contributed by atoms with Crippen LogP contribution in [-0.4, -0.2) is 27.4 Å². The van der Waals surface area contributed by atoms with Gasteiger partial charge < -0.3 is 10.1 Å². The van der Waals surface area contributed by atoms with E-state index in [1.165, 1.54) is 12.4 Å². The van der Waals surface area contributed by atoms with E-state index in [0.717, 1.165) is 23.3 Å². The molecule has 0 saturated carbocycles. The number of benzene rings is 2. The smallest absolute Gasteiger partial charge is 0.416 e. The fourth-order valence-electron chi connectivity index (χ4n) is 3.71. The van der Waals surface area contributed by atoms with Crippen molar-refractivity contribution in [3.63, 3.8) is 0 Å². The molecule has 1 amide bonds. The summed E-state index contributed by atoms with van der Waals surface area (Å²) in [6.45, 7) is 4.95. The average Bonchev–Trinajstić information content (AvgIpc) is 3.11. The monoisotopic (exact) mass is 484 g/mol. The van der Waals surface area contributed by atoms with Gasteiger partial charge in [-0.3, -0.25) is 10.1 Å². The maximum atomic E-state index is 13.3. The van der Waals surface area contributed by atoms with E-state index in [9.17, 15) is 22.8 Å². The molecular formula is C25H23F3N4O3. The number of amides is 1. The summed E-state index contributed by atoms with van der Waals surface area (Å²) in [4.78, 5) is 32.4. The Bertz CT molecular complexity index is 1300. The van der Waals surface area contributed by atoms with Gasteiger partial charge in [0.05, 0.1) is 16.9 Å². The number of alkyl halides is 3. The summed E-state index contributed by atoms with van der Waals surface area (Å²) < 4.78 is 45.2. The van der Waals surface area contributed by atoms with E-state index in [-0.39, 0.29) is 17.0 Å². The molecule has 0 saturated heterocycles. The number of carbonyl (C=O) groups excluding carboxylic acids is 2. The molecule has 0 radical (unpaired) electrons. The Morgan fingerprint density at radius 3 is 2.43 bits per heavy atom. The zero-order valence-corrected chi connectivity index (χ0v) is 19.3. The van der Waals surface area contributed by atoms with E-state index in [1.807, 2.05) is 18.2 Å². The van der Waals surface area contributed by atoms with Crippen molar-refractivity contribution in [2.75, 3.05) is 10.6 Å². The van der Waals surface area contributed by atoms with Crippen molar-refractivity contribution >= 4 is 29.1 Å². The van der Waals surface area contributed by atoms with Crippen LogP contribution in [0.4, 0.5) is 35.2 Å². The predicted octanol–water partition coefficient (Wildman–Crippen LogP) is 5.92. The molecule has 1 aromatic heterocycles. The average molecular weight is 484 g/mol. The number of ether oxygens (including phenoxy) is 1. The highest BCUT2D eigenvalue weighted by Crippen LogP contribution is 2.36. The van der Waals surface area contributed by atoms with Crippen LogP contribution in [0.25, 0.3) is 11.3 Å². The van der Waals surface area contributed by atoms with Crippen molar-refractivity contribution in [2.45, 2.75) is 45.4 Å². The fraction of sp³-hybridized carbons (Fsp3) is 0.280. The standard InChI is InChI=1S/C25H23F3N4O3/c1-24(2,3)35-23(34)32-21-11-16(25(26,27)28)5-7-19(21)20-12-22(30-13-29-20)31-17-6-4-14-9-18(33)10-15(14)8-17/h4-8,11-13H,9-10H2,1-3H3,(H,32,34)(H,29,30,31). The molecule has 0 spiro atoms. The summed E-state index contributed by atoms with van der Waals surface area (Å²) >= 11 is 0. The van der Waals surface area contributed by atoms with Crippen LogP contribution in [0, 0.1) is 0 Å². The third kappa shape index (κ3) is 5.95. The minimum atomic E-state index is -4.60. The van der Waals surface area contributed by atoms with Crippen molar-refractivity contribution in [1.29, 1.82) is 0 Å². The number of hydrogen-bond acceptors (Lipinski definition) is 6. The lowest BCUT2D eigenvalue weighted by atomic mass is 10.1. The van der Waals surface area contributed by atoms with E-state index in [1.54, 1.807) is 26.8 Å². The third-order valence-corrected chi connectivity index (χ3v) is 5.18. The minimum absolute atomic E-state index is 0.102. The molecule has 0 fully saturated rings. The van der Waals surface area contributed by atoms with E-state index < -0.39 is 23.4 Å². The Hall–Kier alpha value is -3.95. The highest BCUT2D eigenvalue weighted by Gasteiger charge is 2.32. The molecule has 2 N–H and O–H groups in total. The second kappa shape index (κ2) is 9.01. The Morgan fingerprint density at radius 2 is 1.71 bits per heavy atom. The zero-order chi connectivity index (χ0) is 25.4. The molecule has 7 nitrogen and oxygen atoms in total. The summed E-state index contributed by atoms with van der Waals surface area (Å²) in [6.07, 6.45) is -3.42. The molecule has 35 heavy (non-hydrogen) atoms. The van der Waals surface area contributed by atoms with Crippen LogP contribution in [0.2, 0.25) is 0 Å². The lowest BCUT2D eigenvalue weighted by Crippen LogP contribution is -2.27. The van der Waals surface area contributed by atoms with Gasteiger partial charge in [0, 0.05) is 30.2 Å². The molecule has 10 heteroatoms. The van der Waals surface area contributed by atoms with Crippen LogP contribution in [0.5, 0.6) is 0 Å². The largest absolute Gasteiger partial charge is 0.444 e. The first-order chi connectivity index (χ1) is 16.4. The molecule has 1 aliphatic carbocycles. The topological polar surface area (TPSA) is 93.2 Å². The lowest BCUT2D eigenvalue weighted by molar-refractivity contribution is -0.137. The van der Waals surface area contributed by atoms with Gasteiger partial charge in [-0.15, -0.1) is 0 Å². The van der Waals surface area contributed by atoms with Crippen LogP contribution < -0.4 is 10.6 Å². The minimum Gasteiger partial charge on any atom is -0.444 e. The highest BCUT2D eigenvalue weighted by atomic mass is 19.4. The number of hydrogen-bond donors (Lipinski definition) is 2. The first kappa shape index (κ1) is 24.2.